The minimum atomic E-state index is -0.489. The van der Waals surface area contributed by atoms with Crippen LogP contribution in [0, 0.1) is 10.1 Å². The third-order valence-electron chi connectivity index (χ3n) is 3.25. The number of benzene rings is 2. The van der Waals surface area contributed by atoms with Crippen LogP contribution in [0.15, 0.2) is 47.5 Å². The Balaban J connectivity index is 0.00000100. The van der Waals surface area contributed by atoms with E-state index in [1.165, 1.54) is 18.2 Å². The average molecular weight is 350 g/mol. The molecule has 8 nitrogen and oxygen atoms in total. The molecule has 9 heteroatoms. The van der Waals surface area contributed by atoms with Gasteiger partial charge in [0.1, 0.15) is 6.54 Å². The number of aliphatic imine (C=N–C) groups is 1. The SMILES string of the molecule is O=C1CN=C(c2ccccc2Cl)c2cc([N+](=O)[O-])ccc2N1.OO. The summed E-state index contributed by atoms with van der Waals surface area (Å²) < 4.78 is 0. The number of nitro benzene ring substituents is 1. The number of nitro groups is 1. The Kier molecular flexibility index (Phi) is 5.59. The number of carbonyl (C=O) groups is 1. The number of carbonyl (C=O) groups excluding carboxylic acids is 1. The van der Waals surface area contributed by atoms with Crippen molar-refractivity contribution in [3.8, 4) is 0 Å². The maximum Gasteiger partial charge on any atom is 0.270 e. The summed E-state index contributed by atoms with van der Waals surface area (Å²) in [7, 11) is 0. The van der Waals surface area contributed by atoms with Gasteiger partial charge in [0.05, 0.1) is 16.3 Å². The normalized spacial score (nSPS) is 12.8. The fourth-order valence-corrected chi connectivity index (χ4v) is 2.49. The number of rotatable bonds is 2. The van der Waals surface area contributed by atoms with Gasteiger partial charge in [0.2, 0.25) is 5.91 Å². The predicted octanol–water partition coefficient (Wildman–Crippen LogP) is 3.06. The van der Waals surface area contributed by atoms with E-state index in [9.17, 15) is 14.9 Å². The zero-order valence-electron chi connectivity index (χ0n) is 12.1. The maximum atomic E-state index is 11.7. The van der Waals surface area contributed by atoms with Gasteiger partial charge < -0.3 is 5.32 Å². The van der Waals surface area contributed by atoms with Gasteiger partial charge in [-0.1, -0.05) is 29.8 Å². The summed E-state index contributed by atoms with van der Waals surface area (Å²) in [5.41, 5.74) is 1.97. The highest BCUT2D eigenvalue weighted by molar-refractivity contribution is 6.36. The van der Waals surface area contributed by atoms with Gasteiger partial charge in [0.15, 0.2) is 0 Å². The summed E-state index contributed by atoms with van der Waals surface area (Å²) in [6, 6.07) is 11.3. The summed E-state index contributed by atoms with van der Waals surface area (Å²) in [5, 5.41) is 26.2. The first-order valence-electron chi connectivity index (χ1n) is 6.64. The Bertz CT molecular complexity index is 823. The largest absolute Gasteiger partial charge is 0.324 e. The molecule has 3 N–H and O–H groups in total. The number of anilines is 1. The smallest absolute Gasteiger partial charge is 0.270 e. The minimum Gasteiger partial charge on any atom is -0.324 e. The summed E-state index contributed by atoms with van der Waals surface area (Å²) >= 11 is 6.20. The number of hydrogen-bond donors (Lipinski definition) is 3. The van der Waals surface area contributed by atoms with Crippen LogP contribution in [0.25, 0.3) is 0 Å². The Labute approximate surface area is 141 Å². The van der Waals surface area contributed by atoms with Crippen LogP contribution >= 0.6 is 11.6 Å². The number of nitrogens with one attached hydrogen (secondary N) is 1. The third kappa shape index (κ3) is 3.57. The zero-order chi connectivity index (χ0) is 17.7. The Morgan fingerprint density at radius 1 is 1.17 bits per heavy atom. The van der Waals surface area contributed by atoms with Crippen molar-refractivity contribution in [1.29, 1.82) is 0 Å². The summed E-state index contributed by atoms with van der Waals surface area (Å²) in [4.78, 5) is 26.5. The molecule has 1 aliphatic heterocycles. The van der Waals surface area contributed by atoms with E-state index in [0.717, 1.165) is 0 Å². The fraction of sp³-hybridized carbons (Fsp3) is 0.0667. The van der Waals surface area contributed by atoms with E-state index in [-0.39, 0.29) is 18.1 Å². The molecular weight excluding hydrogens is 338 g/mol. The molecule has 2 aromatic carbocycles. The van der Waals surface area contributed by atoms with Crippen molar-refractivity contribution in [2.45, 2.75) is 0 Å². The third-order valence-corrected chi connectivity index (χ3v) is 3.58. The lowest BCUT2D eigenvalue weighted by atomic mass is 10.00. The van der Waals surface area contributed by atoms with Crippen molar-refractivity contribution < 1.29 is 20.2 Å². The lowest BCUT2D eigenvalue weighted by molar-refractivity contribution is -0.384. The van der Waals surface area contributed by atoms with E-state index in [1.807, 2.05) is 0 Å². The molecule has 0 saturated heterocycles. The molecule has 3 rings (SSSR count). The molecule has 0 bridgehead atoms. The standard InChI is InChI=1S/C15H10ClN3O3.H2O2/c16-12-4-2-1-3-10(12)15-11-7-9(19(21)22)5-6-13(11)18-14(20)8-17-15;1-2/h1-7H,8H2,(H,18,20);1-2H. The van der Waals surface area contributed by atoms with Crippen molar-refractivity contribution in [2.24, 2.45) is 4.99 Å². The number of nitrogens with zero attached hydrogens (tertiary/aromatic N) is 2. The Morgan fingerprint density at radius 3 is 2.54 bits per heavy atom. The van der Waals surface area contributed by atoms with Crippen molar-refractivity contribution >= 4 is 34.6 Å². The van der Waals surface area contributed by atoms with Crippen molar-refractivity contribution in [3.05, 3.63) is 68.7 Å². The number of amides is 1. The van der Waals surface area contributed by atoms with E-state index in [1.54, 1.807) is 24.3 Å². The maximum absolute atomic E-state index is 11.7. The number of benzodiazepines with no additional fused rings is 1. The monoisotopic (exact) mass is 349 g/mol. The summed E-state index contributed by atoms with van der Waals surface area (Å²) in [6.45, 7) is -0.0664. The van der Waals surface area contributed by atoms with Crippen LogP contribution in [-0.2, 0) is 4.79 Å². The second kappa shape index (κ2) is 7.64. The van der Waals surface area contributed by atoms with E-state index < -0.39 is 4.92 Å². The molecule has 2 aromatic rings. The van der Waals surface area contributed by atoms with Gasteiger partial charge in [-0.25, -0.2) is 0 Å². The molecular formula is C15H12ClN3O5. The van der Waals surface area contributed by atoms with Gasteiger partial charge in [-0.05, 0) is 12.1 Å². The molecule has 24 heavy (non-hydrogen) atoms. The van der Waals surface area contributed by atoms with Gasteiger partial charge in [-0.3, -0.25) is 30.4 Å². The highest BCUT2D eigenvalue weighted by Crippen LogP contribution is 2.29. The molecule has 1 heterocycles. The molecule has 0 radical (unpaired) electrons. The van der Waals surface area contributed by atoms with Crippen LogP contribution in [0.3, 0.4) is 0 Å². The van der Waals surface area contributed by atoms with Crippen molar-refractivity contribution in [3.63, 3.8) is 0 Å². The second-order valence-electron chi connectivity index (χ2n) is 4.68. The highest BCUT2D eigenvalue weighted by atomic mass is 35.5. The van der Waals surface area contributed by atoms with Gasteiger partial charge in [-0.2, -0.15) is 0 Å². The van der Waals surface area contributed by atoms with Crippen LogP contribution in [0.4, 0.5) is 11.4 Å². The Morgan fingerprint density at radius 2 is 1.88 bits per heavy atom. The zero-order valence-corrected chi connectivity index (χ0v) is 12.9. The van der Waals surface area contributed by atoms with Crippen LogP contribution in [0.1, 0.15) is 11.1 Å². The van der Waals surface area contributed by atoms with E-state index in [4.69, 9.17) is 22.1 Å². The van der Waals surface area contributed by atoms with Gasteiger partial charge in [-0.15, -0.1) is 0 Å². The predicted molar refractivity (Wildman–Crippen MR) is 88.9 cm³/mol. The van der Waals surface area contributed by atoms with Crippen LogP contribution < -0.4 is 5.32 Å². The van der Waals surface area contributed by atoms with Crippen LogP contribution in [0.2, 0.25) is 5.02 Å². The van der Waals surface area contributed by atoms with Crippen LogP contribution in [0.5, 0.6) is 0 Å². The topological polar surface area (TPSA) is 125 Å². The van der Waals surface area contributed by atoms with E-state index >= 15 is 0 Å². The molecule has 1 amide bonds. The van der Waals surface area contributed by atoms with Gasteiger partial charge in [0, 0.05) is 28.3 Å². The lowest BCUT2D eigenvalue weighted by Gasteiger charge is -2.11. The summed E-state index contributed by atoms with van der Waals surface area (Å²) in [6.07, 6.45) is 0. The lowest BCUT2D eigenvalue weighted by Crippen LogP contribution is -2.13. The van der Waals surface area contributed by atoms with E-state index in [0.29, 0.717) is 27.5 Å². The molecule has 0 saturated carbocycles. The molecule has 124 valence electrons. The molecule has 0 aromatic heterocycles. The van der Waals surface area contributed by atoms with Crippen LogP contribution in [-0.4, -0.2) is 33.6 Å². The second-order valence-corrected chi connectivity index (χ2v) is 5.09. The summed E-state index contributed by atoms with van der Waals surface area (Å²) in [5.74, 6) is -0.280. The minimum absolute atomic E-state index is 0.0664. The van der Waals surface area contributed by atoms with Crippen molar-refractivity contribution in [2.75, 3.05) is 11.9 Å². The molecule has 0 atom stereocenters. The van der Waals surface area contributed by atoms with E-state index in [2.05, 4.69) is 10.3 Å². The first-order valence-corrected chi connectivity index (χ1v) is 7.02. The number of hydrogen-bond acceptors (Lipinski definition) is 6. The first kappa shape index (κ1) is 17.5. The number of halogens is 1. The molecule has 0 fully saturated rings. The molecule has 0 unspecified atom stereocenters. The number of non-ortho nitro benzene ring substituents is 1. The fourth-order valence-electron chi connectivity index (χ4n) is 2.26. The molecule has 0 spiro atoms. The highest BCUT2D eigenvalue weighted by Gasteiger charge is 2.22. The molecule has 1 aliphatic rings. The quantitative estimate of drug-likeness (QED) is 0.436. The van der Waals surface area contributed by atoms with Gasteiger partial charge in [0.25, 0.3) is 5.69 Å². The first-order chi connectivity index (χ1) is 11.6. The average Bonchev–Trinajstić information content (AvgIpc) is 2.75. The molecule has 0 aliphatic carbocycles. The van der Waals surface area contributed by atoms with Crippen molar-refractivity contribution in [1.82, 2.24) is 0 Å². The Hall–Kier alpha value is -2.81. The number of fused-ring (bicyclic) bond motifs is 1. The van der Waals surface area contributed by atoms with Gasteiger partial charge >= 0.3 is 0 Å².